The van der Waals surface area contributed by atoms with Crippen LogP contribution in [0.2, 0.25) is 0 Å². The molecule has 0 bridgehead atoms. The molecule has 1 aliphatic carbocycles. The van der Waals surface area contributed by atoms with E-state index < -0.39 is 6.04 Å². The molecule has 7 nitrogen and oxygen atoms in total. The predicted octanol–water partition coefficient (Wildman–Crippen LogP) is 1.80. The third-order valence-corrected chi connectivity index (χ3v) is 6.53. The third-order valence-electron chi connectivity index (χ3n) is 6.53. The van der Waals surface area contributed by atoms with Crippen molar-refractivity contribution in [2.24, 2.45) is 0 Å². The van der Waals surface area contributed by atoms with Gasteiger partial charge in [-0.25, -0.2) is 0 Å². The van der Waals surface area contributed by atoms with Crippen LogP contribution in [0.25, 0.3) is 0 Å². The minimum absolute atomic E-state index is 0.115. The van der Waals surface area contributed by atoms with Crippen LogP contribution in [-0.4, -0.2) is 53.8 Å². The lowest BCUT2D eigenvalue weighted by molar-refractivity contribution is -0.136. The normalized spacial score (nSPS) is 26.6. The molecular weight excluding hydrogens is 368 g/mol. The number of amides is 3. The molecule has 2 heterocycles. The lowest BCUT2D eigenvalue weighted by Crippen LogP contribution is -2.52. The van der Waals surface area contributed by atoms with Gasteiger partial charge < -0.3 is 15.1 Å². The van der Waals surface area contributed by atoms with E-state index in [2.05, 4.69) is 35.4 Å². The van der Waals surface area contributed by atoms with E-state index in [-0.39, 0.29) is 24.1 Å². The van der Waals surface area contributed by atoms with E-state index in [0.717, 1.165) is 24.3 Å². The molecule has 2 aliphatic heterocycles. The molecule has 0 aromatic heterocycles. The summed E-state index contributed by atoms with van der Waals surface area (Å²) in [5.74, 6) is -0.740. The summed E-state index contributed by atoms with van der Waals surface area (Å²) < 4.78 is 0. The molecule has 7 heteroatoms. The number of benzene rings is 1. The molecule has 1 saturated carbocycles. The maximum Gasteiger partial charge on any atom is 0.255 e. The fourth-order valence-electron chi connectivity index (χ4n) is 5.16. The number of nitrogens with one attached hydrogen (secondary N) is 2. The molecule has 29 heavy (non-hydrogen) atoms. The Morgan fingerprint density at radius 1 is 1.17 bits per heavy atom. The van der Waals surface area contributed by atoms with E-state index in [9.17, 15) is 14.4 Å². The lowest BCUT2D eigenvalue weighted by atomic mass is 10.0. The molecule has 3 atom stereocenters. The summed E-state index contributed by atoms with van der Waals surface area (Å²) in [5, 5.41) is 5.98. The Morgan fingerprint density at radius 3 is 2.72 bits per heavy atom. The second-order valence-electron chi connectivity index (χ2n) is 8.19. The maximum atomic E-state index is 12.9. The van der Waals surface area contributed by atoms with Crippen molar-refractivity contribution in [3.8, 4) is 0 Å². The summed E-state index contributed by atoms with van der Waals surface area (Å²) in [6, 6.07) is 6.44. The summed E-state index contributed by atoms with van der Waals surface area (Å²) >= 11 is 0. The van der Waals surface area contributed by atoms with Crippen LogP contribution in [0.3, 0.4) is 0 Å². The van der Waals surface area contributed by atoms with Gasteiger partial charge in [0.1, 0.15) is 6.04 Å². The zero-order valence-corrected chi connectivity index (χ0v) is 17.2. The standard InChI is InChI=1S/C22H30N4O3/c1-3-23-17-6-5-7-18(17)25(4-2)15-8-9-16-14(12-15)13-26(22(16)29)19-10-11-20(27)24-21(19)28/h8-9,12,17-19,23H,3-7,10-11,13H2,1-2H3,(H,24,27,28)/t17-,18-,19?/m1/s1. The molecule has 1 unspecified atom stereocenters. The lowest BCUT2D eigenvalue weighted by Gasteiger charge is -2.34. The van der Waals surface area contributed by atoms with Gasteiger partial charge in [0, 0.05) is 42.8 Å². The summed E-state index contributed by atoms with van der Waals surface area (Å²) in [5.41, 5.74) is 2.77. The zero-order valence-electron chi connectivity index (χ0n) is 17.2. The fraction of sp³-hybridized carbons (Fsp3) is 0.591. The van der Waals surface area contributed by atoms with Crippen molar-refractivity contribution in [2.75, 3.05) is 18.0 Å². The van der Waals surface area contributed by atoms with E-state index in [1.54, 1.807) is 4.90 Å². The van der Waals surface area contributed by atoms with Crippen molar-refractivity contribution in [3.63, 3.8) is 0 Å². The first-order valence-corrected chi connectivity index (χ1v) is 10.8. The van der Waals surface area contributed by atoms with Crippen molar-refractivity contribution in [3.05, 3.63) is 29.3 Å². The topological polar surface area (TPSA) is 81.8 Å². The molecule has 1 saturated heterocycles. The Hall–Kier alpha value is -2.41. The van der Waals surface area contributed by atoms with Gasteiger partial charge >= 0.3 is 0 Å². The van der Waals surface area contributed by atoms with Crippen LogP contribution in [0.15, 0.2) is 18.2 Å². The van der Waals surface area contributed by atoms with Gasteiger partial charge in [0.15, 0.2) is 0 Å². The Morgan fingerprint density at radius 2 is 2.00 bits per heavy atom. The summed E-state index contributed by atoms with van der Waals surface area (Å²) in [4.78, 5) is 40.6. The first kappa shape index (κ1) is 19.9. The van der Waals surface area contributed by atoms with Gasteiger partial charge in [-0.15, -0.1) is 0 Å². The highest BCUT2D eigenvalue weighted by molar-refractivity contribution is 6.05. The highest BCUT2D eigenvalue weighted by Gasteiger charge is 2.39. The van der Waals surface area contributed by atoms with Gasteiger partial charge in [0.2, 0.25) is 11.8 Å². The Bertz CT molecular complexity index is 824. The number of carbonyl (C=O) groups is 3. The van der Waals surface area contributed by atoms with Crippen molar-refractivity contribution in [1.82, 2.24) is 15.5 Å². The number of carbonyl (C=O) groups excluding carboxylic acids is 3. The first-order valence-electron chi connectivity index (χ1n) is 10.8. The van der Waals surface area contributed by atoms with E-state index in [4.69, 9.17) is 0 Å². The van der Waals surface area contributed by atoms with Crippen LogP contribution >= 0.6 is 0 Å². The van der Waals surface area contributed by atoms with Crippen LogP contribution in [0.1, 0.15) is 61.9 Å². The number of fused-ring (bicyclic) bond motifs is 1. The van der Waals surface area contributed by atoms with Crippen LogP contribution in [0, 0.1) is 0 Å². The molecule has 156 valence electrons. The molecule has 3 amide bonds. The van der Waals surface area contributed by atoms with Gasteiger partial charge in [0.05, 0.1) is 0 Å². The van der Waals surface area contributed by atoms with Gasteiger partial charge in [0.25, 0.3) is 5.91 Å². The molecule has 1 aromatic rings. The van der Waals surface area contributed by atoms with Gasteiger partial charge in [-0.1, -0.05) is 6.92 Å². The van der Waals surface area contributed by atoms with Gasteiger partial charge in [-0.05, 0) is 62.9 Å². The number of nitrogens with zero attached hydrogens (tertiary/aromatic N) is 2. The highest BCUT2D eigenvalue weighted by atomic mass is 16.2. The SMILES string of the molecule is CCN[C@@H]1CCC[C@H]1N(CC)c1ccc2c(c1)CN(C1CCC(=O)NC1=O)C2=O. The van der Waals surface area contributed by atoms with E-state index in [0.29, 0.717) is 30.6 Å². The minimum Gasteiger partial charge on any atom is -0.367 e. The first-order chi connectivity index (χ1) is 14.0. The highest BCUT2D eigenvalue weighted by Crippen LogP contribution is 2.33. The molecule has 4 rings (SSSR count). The van der Waals surface area contributed by atoms with Crippen LogP contribution < -0.4 is 15.5 Å². The van der Waals surface area contributed by atoms with Crippen molar-refractivity contribution in [1.29, 1.82) is 0 Å². The number of likely N-dealkylation sites (N-methyl/N-ethyl adjacent to an activating group) is 2. The average Bonchev–Trinajstić information content (AvgIpc) is 3.28. The molecule has 2 N–H and O–H groups in total. The molecule has 3 aliphatic rings. The molecule has 0 spiro atoms. The number of imide groups is 1. The Balaban J connectivity index is 1.55. The largest absolute Gasteiger partial charge is 0.367 e. The van der Waals surface area contributed by atoms with Crippen molar-refractivity contribution in [2.45, 2.75) is 70.6 Å². The van der Waals surface area contributed by atoms with Crippen LogP contribution in [-0.2, 0) is 16.1 Å². The van der Waals surface area contributed by atoms with Gasteiger partial charge in [-0.3, -0.25) is 19.7 Å². The molecule has 2 fully saturated rings. The maximum absolute atomic E-state index is 12.9. The Kier molecular flexibility index (Phi) is 5.58. The van der Waals surface area contributed by atoms with Gasteiger partial charge in [-0.2, -0.15) is 0 Å². The number of anilines is 1. The predicted molar refractivity (Wildman–Crippen MR) is 111 cm³/mol. The summed E-state index contributed by atoms with van der Waals surface area (Å²) in [6.45, 7) is 6.63. The Labute approximate surface area is 171 Å². The molecule has 1 aromatic carbocycles. The fourth-order valence-corrected chi connectivity index (χ4v) is 5.16. The second-order valence-corrected chi connectivity index (χ2v) is 8.19. The molecular formula is C22H30N4O3. The van der Waals surface area contributed by atoms with E-state index in [1.165, 1.54) is 19.3 Å². The number of piperidine rings is 1. The molecule has 0 radical (unpaired) electrons. The van der Waals surface area contributed by atoms with Crippen molar-refractivity contribution >= 4 is 23.4 Å². The van der Waals surface area contributed by atoms with Crippen LogP contribution in [0.4, 0.5) is 5.69 Å². The van der Waals surface area contributed by atoms with E-state index >= 15 is 0 Å². The summed E-state index contributed by atoms with van der Waals surface area (Å²) in [6.07, 6.45) is 4.26. The quantitative estimate of drug-likeness (QED) is 0.714. The number of rotatable bonds is 6. The second kappa shape index (κ2) is 8.14. The van der Waals surface area contributed by atoms with Crippen molar-refractivity contribution < 1.29 is 14.4 Å². The average molecular weight is 399 g/mol. The third kappa shape index (κ3) is 3.64. The monoisotopic (exact) mass is 398 g/mol. The van der Waals surface area contributed by atoms with Crippen LogP contribution in [0.5, 0.6) is 0 Å². The number of hydrogen-bond donors (Lipinski definition) is 2. The summed E-state index contributed by atoms with van der Waals surface area (Å²) in [7, 11) is 0. The smallest absolute Gasteiger partial charge is 0.255 e. The number of hydrogen-bond acceptors (Lipinski definition) is 5. The van der Waals surface area contributed by atoms with E-state index in [1.807, 2.05) is 12.1 Å². The minimum atomic E-state index is -0.564. The zero-order chi connectivity index (χ0) is 20.5.